The summed E-state index contributed by atoms with van der Waals surface area (Å²) in [4.78, 5) is 2.32. The van der Waals surface area contributed by atoms with Gasteiger partial charge in [-0.3, -0.25) is 0 Å². The second kappa shape index (κ2) is 6.66. The molecule has 0 N–H and O–H groups in total. The van der Waals surface area contributed by atoms with Crippen LogP contribution in [0.2, 0.25) is 5.02 Å². The van der Waals surface area contributed by atoms with Crippen molar-refractivity contribution in [3.63, 3.8) is 0 Å². The molecule has 1 aliphatic rings. The van der Waals surface area contributed by atoms with Gasteiger partial charge in [0, 0.05) is 11.6 Å². The molecule has 0 aromatic heterocycles. The van der Waals surface area contributed by atoms with Crippen LogP contribution in [0.15, 0.2) is 91.2 Å². The standard InChI is InChI=1S/C22H18ClNO/c1-16-22(18-10-7-11-19(23)14-18)24(15-17-8-3-2-4-9-17)20-12-5-6-13-21(20)25-16/h2-14,22H,1,15H2/t22-/m1/s1. The van der Waals surface area contributed by atoms with E-state index in [2.05, 4.69) is 47.9 Å². The largest absolute Gasteiger partial charge is 0.458 e. The minimum Gasteiger partial charge on any atom is -0.458 e. The summed E-state index contributed by atoms with van der Waals surface area (Å²) in [5.41, 5.74) is 3.37. The maximum absolute atomic E-state index is 6.23. The Morgan fingerprint density at radius 2 is 1.68 bits per heavy atom. The molecule has 0 unspecified atom stereocenters. The van der Waals surface area contributed by atoms with E-state index in [1.54, 1.807) is 0 Å². The number of hydrogen-bond acceptors (Lipinski definition) is 2. The topological polar surface area (TPSA) is 12.5 Å². The number of anilines is 1. The summed E-state index contributed by atoms with van der Waals surface area (Å²) in [5.74, 6) is 1.54. The molecular formula is C22H18ClNO. The van der Waals surface area contributed by atoms with E-state index < -0.39 is 0 Å². The summed E-state index contributed by atoms with van der Waals surface area (Å²) in [6.07, 6.45) is 0. The number of nitrogens with zero attached hydrogens (tertiary/aromatic N) is 1. The van der Waals surface area contributed by atoms with Gasteiger partial charge in [-0.15, -0.1) is 0 Å². The molecule has 4 rings (SSSR count). The van der Waals surface area contributed by atoms with Crippen LogP contribution in [0.5, 0.6) is 5.75 Å². The Labute approximate surface area is 152 Å². The van der Waals surface area contributed by atoms with E-state index in [4.69, 9.17) is 16.3 Å². The molecule has 0 saturated heterocycles. The van der Waals surface area contributed by atoms with E-state index in [0.717, 1.165) is 23.5 Å². The molecular weight excluding hydrogens is 330 g/mol. The molecule has 2 nitrogen and oxygen atoms in total. The summed E-state index contributed by atoms with van der Waals surface area (Å²) in [7, 11) is 0. The van der Waals surface area contributed by atoms with Crippen molar-refractivity contribution in [2.45, 2.75) is 12.6 Å². The zero-order chi connectivity index (χ0) is 17.2. The van der Waals surface area contributed by atoms with Gasteiger partial charge >= 0.3 is 0 Å². The Morgan fingerprint density at radius 1 is 0.920 bits per heavy atom. The van der Waals surface area contributed by atoms with Crippen LogP contribution in [0.3, 0.4) is 0 Å². The number of benzene rings is 3. The number of fused-ring (bicyclic) bond motifs is 1. The number of para-hydroxylation sites is 2. The first kappa shape index (κ1) is 15.8. The summed E-state index contributed by atoms with van der Waals surface area (Å²) in [6.45, 7) is 4.95. The van der Waals surface area contributed by atoms with Crippen LogP contribution < -0.4 is 9.64 Å². The average Bonchev–Trinajstić information content (AvgIpc) is 2.62. The van der Waals surface area contributed by atoms with Crippen LogP contribution >= 0.6 is 11.6 Å². The molecule has 0 fully saturated rings. The van der Waals surface area contributed by atoms with Gasteiger partial charge in [0.2, 0.25) is 0 Å². The van der Waals surface area contributed by atoms with Gasteiger partial charge in [0.25, 0.3) is 0 Å². The first-order valence-corrected chi connectivity index (χ1v) is 8.62. The zero-order valence-corrected chi connectivity index (χ0v) is 14.5. The van der Waals surface area contributed by atoms with Gasteiger partial charge in [0.15, 0.2) is 0 Å². The second-order valence-electron chi connectivity index (χ2n) is 6.11. The molecule has 1 heterocycles. The highest BCUT2D eigenvalue weighted by Gasteiger charge is 2.32. The van der Waals surface area contributed by atoms with E-state index in [0.29, 0.717) is 10.8 Å². The number of ether oxygens (including phenoxy) is 1. The van der Waals surface area contributed by atoms with Crippen LogP contribution in [-0.2, 0) is 6.54 Å². The lowest BCUT2D eigenvalue weighted by Gasteiger charge is -2.40. The van der Waals surface area contributed by atoms with Crippen LogP contribution in [-0.4, -0.2) is 0 Å². The van der Waals surface area contributed by atoms with Crippen molar-refractivity contribution in [3.05, 3.63) is 107 Å². The average molecular weight is 348 g/mol. The van der Waals surface area contributed by atoms with Crippen LogP contribution in [0.1, 0.15) is 17.2 Å². The summed E-state index contributed by atoms with van der Waals surface area (Å²) in [5, 5.41) is 0.712. The molecule has 3 heteroatoms. The molecule has 0 bridgehead atoms. The third-order valence-electron chi connectivity index (χ3n) is 4.39. The predicted octanol–water partition coefficient (Wildman–Crippen LogP) is 5.99. The molecule has 0 radical (unpaired) electrons. The molecule has 0 spiro atoms. The molecule has 0 saturated carbocycles. The third kappa shape index (κ3) is 3.13. The van der Waals surface area contributed by atoms with Crippen molar-refractivity contribution in [1.29, 1.82) is 0 Å². The Hall–Kier alpha value is -2.71. The SMILES string of the molecule is C=C1Oc2ccccc2N(Cc2ccccc2)[C@H]1c1cccc(Cl)c1. The monoisotopic (exact) mass is 347 g/mol. The second-order valence-corrected chi connectivity index (χ2v) is 6.54. The van der Waals surface area contributed by atoms with E-state index >= 15 is 0 Å². The third-order valence-corrected chi connectivity index (χ3v) is 4.63. The van der Waals surface area contributed by atoms with Gasteiger partial charge in [0.05, 0.1) is 5.69 Å². The van der Waals surface area contributed by atoms with Gasteiger partial charge in [0.1, 0.15) is 17.6 Å². The first-order chi connectivity index (χ1) is 12.2. The van der Waals surface area contributed by atoms with Gasteiger partial charge in [-0.25, -0.2) is 0 Å². The van der Waals surface area contributed by atoms with Crippen LogP contribution in [0.25, 0.3) is 0 Å². The Kier molecular flexibility index (Phi) is 4.21. The molecule has 1 atom stereocenters. The minimum absolute atomic E-state index is 0.0891. The molecule has 0 amide bonds. The fraction of sp³-hybridized carbons (Fsp3) is 0.0909. The van der Waals surface area contributed by atoms with Crippen molar-refractivity contribution in [2.24, 2.45) is 0 Å². The zero-order valence-electron chi connectivity index (χ0n) is 13.7. The van der Waals surface area contributed by atoms with Gasteiger partial charge in [-0.1, -0.05) is 72.8 Å². The van der Waals surface area contributed by atoms with Crippen molar-refractivity contribution in [1.82, 2.24) is 0 Å². The summed E-state index contributed by atoms with van der Waals surface area (Å²) >= 11 is 6.23. The predicted molar refractivity (Wildman–Crippen MR) is 103 cm³/mol. The first-order valence-electron chi connectivity index (χ1n) is 8.24. The maximum atomic E-state index is 6.23. The lowest BCUT2D eigenvalue weighted by Crippen LogP contribution is -2.34. The number of halogens is 1. The van der Waals surface area contributed by atoms with Crippen LogP contribution in [0.4, 0.5) is 5.69 Å². The van der Waals surface area contributed by atoms with Crippen molar-refractivity contribution in [3.8, 4) is 5.75 Å². The molecule has 0 aliphatic carbocycles. The van der Waals surface area contributed by atoms with E-state index in [9.17, 15) is 0 Å². The van der Waals surface area contributed by atoms with Gasteiger partial charge in [-0.2, -0.15) is 0 Å². The quantitative estimate of drug-likeness (QED) is 0.576. The Morgan fingerprint density at radius 3 is 2.48 bits per heavy atom. The van der Waals surface area contributed by atoms with E-state index in [1.165, 1.54) is 5.56 Å². The Balaban J connectivity index is 1.81. The number of hydrogen-bond donors (Lipinski definition) is 0. The molecule has 1 aliphatic heterocycles. The molecule has 3 aromatic carbocycles. The molecule has 124 valence electrons. The van der Waals surface area contributed by atoms with Crippen molar-refractivity contribution >= 4 is 17.3 Å². The smallest absolute Gasteiger partial charge is 0.150 e. The lowest BCUT2D eigenvalue weighted by atomic mass is 9.99. The van der Waals surface area contributed by atoms with E-state index in [-0.39, 0.29) is 6.04 Å². The van der Waals surface area contributed by atoms with E-state index in [1.807, 2.05) is 42.5 Å². The van der Waals surface area contributed by atoms with Crippen molar-refractivity contribution in [2.75, 3.05) is 4.90 Å². The maximum Gasteiger partial charge on any atom is 0.150 e. The summed E-state index contributed by atoms with van der Waals surface area (Å²) < 4.78 is 6.03. The van der Waals surface area contributed by atoms with Crippen molar-refractivity contribution < 1.29 is 4.74 Å². The highest BCUT2D eigenvalue weighted by Crippen LogP contribution is 2.44. The van der Waals surface area contributed by atoms with Crippen LogP contribution in [0, 0.1) is 0 Å². The fourth-order valence-corrected chi connectivity index (χ4v) is 3.49. The molecule has 3 aromatic rings. The fourth-order valence-electron chi connectivity index (χ4n) is 3.29. The summed E-state index contributed by atoms with van der Waals surface area (Å²) in [6, 6.07) is 26.3. The minimum atomic E-state index is -0.0891. The van der Waals surface area contributed by atoms with Gasteiger partial charge < -0.3 is 9.64 Å². The number of rotatable bonds is 3. The lowest BCUT2D eigenvalue weighted by molar-refractivity contribution is 0.355. The Bertz CT molecular complexity index is 907. The normalized spacial score (nSPS) is 16.3. The molecule has 25 heavy (non-hydrogen) atoms. The highest BCUT2D eigenvalue weighted by molar-refractivity contribution is 6.30. The van der Waals surface area contributed by atoms with Gasteiger partial charge in [-0.05, 0) is 35.4 Å². The highest BCUT2D eigenvalue weighted by atomic mass is 35.5.